The standard InChI is InChI=1S/C47H71N3O7/c1-29(2)39-32(51)23-47(35(52)27-50(37(53)28-49(10)11)26-30-13-12-22-48-25-30)21-20-45(8)31(40(39)47)14-15-34-44(7)18-17-36(57-38(54)24-42(3,4)41(55)56)43(5,6)33(44)16-19-46(34,45)9/h12-13,22,25,29,31,33-36,52H,14-21,23-24,26-28H2,1-11H3,(H,55,56)/t31-,33+,34?,35+,36+,44+,45-,46-,47+/m1/s1. The number of nitrogens with zero attached hydrogens (tertiary/aromatic N) is 3. The largest absolute Gasteiger partial charge is 0.481 e. The van der Waals surface area contributed by atoms with Crippen LogP contribution in [0.5, 0.6) is 0 Å². The smallest absolute Gasteiger partial charge is 0.309 e. The van der Waals surface area contributed by atoms with Crippen molar-refractivity contribution in [3.63, 3.8) is 0 Å². The Bertz CT molecular complexity index is 1770. The first-order chi connectivity index (χ1) is 26.4. The third kappa shape index (κ3) is 7.20. The summed E-state index contributed by atoms with van der Waals surface area (Å²) in [5.41, 5.74) is 0.737. The number of likely N-dealkylation sites (N-methyl/N-ethyl adjacent to an activating group) is 1. The van der Waals surface area contributed by atoms with Crippen molar-refractivity contribution in [2.45, 2.75) is 145 Å². The lowest BCUT2D eigenvalue weighted by Crippen LogP contribution is -2.66. The molecule has 4 saturated carbocycles. The number of ketones is 1. The van der Waals surface area contributed by atoms with E-state index in [2.05, 4.69) is 53.5 Å². The zero-order valence-corrected chi connectivity index (χ0v) is 36.7. The van der Waals surface area contributed by atoms with E-state index in [1.54, 1.807) is 31.1 Å². The minimum Gasteiger partial charge on any atom is -0.481 e. The van der Waals surface area contributed by atoms with Crippen molar-refractivity contribution in [1.29, 1.82) is 0 Å². The SMILES string of the molecule is CC(C)C1=C2[C@H]3CCC4[C@@]5(C)CC[C@H](OC(=O)CC(C)(C)C(=O)O)C(C)(C)[C@@H]5CC[C@@]4(C)[C@]3(C)CC[C@@]2([C@@H](O)CN(Cc2cccnc2)C(=O)CN(C)C)CC1=O. The number of pyridine rings is 1. The fraction of sp³-hybridized carbons (Fsp3) is 0.766. The van der Waals surface area contributed by atoms with E-state index in [9.17, 15) is 29.4 Å². The van der Waals surface area contributed by atoms with Crippen molar-refractivity contribution < 1.29 is 34.1 Å². The molecule has 1 unspecified atom stereocenters. The van der Waals surface area contributed by atoms with Crippen LogP contribution in [-0.2, 0) is 30.5 Å². The molecular formula is C47H71N3O7. The number of allylic oxidation sites excluding steroid dienone is 1. The van der Waals surface area contributed by atoms with Gasteiger partial charge in [-0.25, -0.2) is 0 Å². The number of carboxylic acid groups (broad SMARTS) is 1. The van der Waals surface area contributed by atoms with Crippen LogP contribution in [0.4, 0.5) is 0 Å². The number of aliphatic hydroxyl groups is 1. The number of fused-ring (bicyclic) bond motifs is 7. The maximum Gasteiger partial charge on any atom is 0.309 e. The fourth-order valence-corrected chi connectivity index (χ4v) is 13.6. The van der Waals surface area contributed by atoms with Gasteiger partial charge in [0.15, 0.2) is 5.78 Å². The number of carbonyl (C=O) groups is 4. The van der Waals surface area contributed by atoms with Crippen molar-refractivity contribution in [3.8, 4) is 0 Å². The minimum absolute atomic E-state index is 0.0157. The van der Waals surface area contributed by atoms with Crippen LogP contribution in [0.1, 0.15) is 132 Å². The summed E-state index contributed by atoms with van der Waals surface area (Å²) in [5, 5.41) is 22.3. The van der Waals surface area contributed by atoms with Crippen LogP contribution in [0.25, 0.3) is 0 Å². The number of carbonyl (C=O) groups excluding carboxylic acids is 3. The summed E-state index contributed by atoms with van der Waals surface area (Å²) in [6.07, 6.45) is 9.80. The summed E-state index contributed by atoms with van der Waals surface area (Å²) in [6.45, 7) is 20.1. The summed E-state index contributed by atoms with van der Waals surface area (Å²) < 4.78 is 6.18. The first-order valence-corrected chi connectivity index (χ1v) is 21.6. The van der Waals surface area contributed by atoms with E-state index in [0.717, 1.165) is 56.1 Å². The molecule has 10 heteroatoms. The van der Waals surface area contributed by atoms with Crippen LogP contribution < -0.4 is 0 Å². The summed E-state index contributed by atoms with van der Waals surface area (Å²) in [7, 11) is 3.75. The number of Topliss-reactive ketones (excluding diaryl/α,β-unsaturated/α-hetero) is 1. The number of aromatic nitrogens is 1. The number of rotatable bonds is 12. The van der Waals surface area contributed by atoms with E-state index in [4.69, 9.17) is 4.74 Å². The normalized spacial score (nSPS) is 35.2. The predicted octanol–water partition coefficient (Wildman–Crippen LogP) is 7.73. The molecule has 0 radical (unpaired) electrons. The topological polar surface area (TPSA) is 137 Å². The van der Waals surface area contributed by atoms with Crippen LogP contribution in [-0.4, -0.2) is 88.0 Å². The molecule has 0 saturated heterocycles. The van der Waals surface area contributed by atoms with E-state index in [0.29, 0.717) is 31.2 Å². The van der Waals surface area contributed by atoms with Gasteiger partial charge in [-0.3, -0.25) is 24.2 Å². The number of esters is 1. The van der Waals surface area contributed by atoms with Gasteiger partial charge in [0.05, 0.1) is 24.5 Å². The second-order valence-corrected chi connectivity index (χ2v) is 21.4. The Labute approximate surface area is 341 Å². The fourth-order valence-electron chi connectivity index (χ4n) is 13.6. The molecule has 0 aromatic carbocycles. The van der Waals surface area contributed by atoms with E-state index in [1.165, 1.54) is 5.57 Å². The molecule has 0 aliphatic heterocycles. The minimum atomic E-state index is -1.18. The van der Waals surface area contributed by atoms with Crippen molar-refractivity contribution in [1.82, 2.24) is 14.8 Å². The zero-order chi connectivity index (χ0) is 42.1. The van der Waals surface area contributed by atoms with Gasteiger partial charge < -0.3 is 24.7 Å². The molecule has 5 aliphatic rings. The lowest BCUT2D eigenvalue weighted by molar-refractivity contribution is -0.235. The predicted molar refractivity (Wildman–Crippen MR) is 220 cm³/mol. The average Bonchev–Trinajstić information content (AvgIpc) is 3.42. The molecule has 0 spiro atoms. The molecular weight excluding hydrogens is 719 g/mol. The van der Waals surface area contributed by atoms with Crippen molar-refractivity contribution in [2.75, 3.05) is 27.2 Å². The highest BCUT2D eigenvalue weighted by Gasteiger charge is 2.71. The maximum atomic E-state index is 14.3. The van der Waals surface area contributed by atoms with Crippen LogP contribution in [0.15, 0.2) is 35.7 Å². The van der Waals surface area contributed by atoms with Gasteiger partial charge in [-0.2, -0.15) is 0 Å². The van der Waals surface area contributed by atoms with Crippen LogP contribution >= 0.6 is 0 Å². The summed E-state index contributed by atoms with van der Waals surface area (Å²) in [5.74, 6) is -0.398. The monoisotopic (exact) mass is 790 g/mol. The first-order valence-electron chi connectivity index (χ1n) is 21.6. The number of aliphatic carboxylic acids is 1. The summed E-state index contributed by atoms with van der Waals surface area (Å²) >= 11 is 0. The number of ether oxygens (including phenoxy) is 1. The molecule has 0 bridgehead atoms. The third-order valence-electron chi connectivity index (χ3n) is 16.8. The Morgan fingerprint density at radius 3 is 2.28 bits per heavy atom. The molecule has 6 rings (SSSR count). The molecule has 5 aliphatic carbocycles. The summed E-state index contributed by atoms with van der Waals surface area (Å²) in [4.78, 5) is 60.9. The zero-order valence-electron chi connectivity index (χ0n) is 36.7. The Morgan fingerprint density at radius 2 is 1.67 bits per heavy atom. The van der Waals surface area contributed by atoms with E-state index in [1.807, 2.05) is 31.1 Å². The highest BCUT2D eigenvalue weighted by molar-refractivity contribution is 6.00. The van der Waals surface area contributed by atoms with Gasteiger partial charge in [-0.15, -0.1) is 0 Å². The van der Waals surface area contributed by atoms with Crippen LogP contribution in [0.2, 0.25) is 0 Å². The molecule has 1 aromatic heterocycles. The van der Waals surface area contributed by atoms with Gasteiger partial charge in [0.2, 0.25) is 5.91 Å². The number of carboxylic acids is 1. The lowest BCUT2D eigenvalue weighted by Gasteiger charge is -2.72. The number of hydrogen-bond acceptors (Lipinski definition) is 8. The van der Waals surface area contributed by atoms with Crippen molar-refractivity contribution in [2.24, 2.45) is 56.2 Å². The molecule has 316 valence electrons. The van der Waals surface area contributed by atoms with Gasteiger partial charge in [-0.1, -0.05) is 60.1 Å². The van der Waals surface area contributed by atoms with E-state index >= 15 is 0 Å². The number of amides is 1. The van der Waals surface area contributed by atoms with Gasteiger partial charge in [0.1, 0.15) is 6.10 Å². The summed E-state index contributed by atoms with van der Waals surface area (Å²) in [6, 6.07) is 3.82. The molecule has 2 N–H and O–H groups in total. The molecule has 10 nitrogen and oxygen atoms in total. The average molecular weight is 790 g/mol. The third-order valence-corrected chi connectivity index (χ3v) is 16.8. The molecule has 1 amide bonds. The van der Waals surface area contributed by atoms with Crippen molar-refractivity contribution in [3.05, 3.63) is 41.2 Å². The van der Waals surface area contributed by atoms with E-state index < -0.39 is 28.9 Å². The van der Waals surface area contributed by atoms with Crippen LogP contribution in [0.3, 0.4) is 0 Å². The Morgan fingerprint density at radius 1 is 0.965 bits per heavy atom. The maximum absolute atomic E-state index is 14.3. The Hall–Kier alpha value is -3.11. The molecule has 57 heavy (non-hydrogen) atoms. The highest BCUT2D eigenvalue weighted by Crippen LogP contribution is 2.77. The van der Waals surface area contributed by atoms with Gasteiger partial charge in [-0.05, 0) is 136 Å². The Kier molecular flexibility index (Phi) is 11.6. The van der Waals surface area contributed by atoms with Gasteiger partial charge >= 0.3 is 11.9 Å². The Balaban J connectivity index is 1.30. The molecule has 4 fully saturated rings. The quantitative estimate of drug-likeness (QED) is 0.204. The number of aliphatic hydroxyl groups excluding tert-OH is 1. The molecule has 9 atom stereocenters. The van der Waals surface area contributed by atoms with E-state index in [-0.39, 0.29) is 70.8 Å². The second kappa shape index (κ2) is 15.2. The van der Waals surface area contributed by atoms with Crippen molar-refractivity contribution >= 4 is 23.6 Å². The first kappa shape index (κ1) is 43.5. The number of hydrogen-bond donors (Lipinski definition) is 2. The highest BCUT2D eigenvalue weighted by atomic mass is 16.5. The van der Waals surface area contributed by atoms with Gasteiger partial charge in [0, 0.05) is 42.7 Å². The second-order valence-electron chi connectivity index (χ2n) is 21.4. The lowest BCUT2D eigenvalue weighted by atomic mass is 9.33. The molecule has 1 heterocycles. The van der Waals surface area contributed by atoms with Gasteiger partial charge in [0.25, 0.3) is 0 Å². The van der Waals surface area contributed by atoms with Crippen LogP contribution in [0, 0.1) is 56.2 Å². The molecule has 1 aromatic rings.